The Labute approximate surface area is 138 Å². The van der Waals surface area contributed by atoms with Crippen LogP contribution in [0.4, 0.5) is 10.1 Å². The molecule has 1 aromatic heterocycles. The molecular formula is C18H14ClFN2O. The van der Waals surface area contributed by atoms with E-state index >= 15 is 0 Å². The second-order valence-electron chi connectivity index (χ2n) is 5.41. The predicted octanol–water partition coefficient (Wildman–Crippen LogP) is 4.90. The quantitative estimate of drug-likeness (QED) is 0.727. The van der Waals surface area contributed by atoms with Crippen molar-refractivity contribution in [3.8, 4) is 0 Å². The monoisotopic (exact) mass is 328 g/mol. The average Bonchev–Trinajstić information content (AvgIpc) is 2.50. The van der Waals surface area contributed by atoms with Crippen LogP contribution in [0.5, 0.6) is 0 Å². The zero-order valence-corrected chi connectivity index (χ0v) is 13.4. The van der Waals surface area contributed by atoms with Crippen LogP contribution < -0.4 is 5.32 Å². The Balaban J connectivity index is 2.07. The first-order chi connectivity index (χ1) is 10.9. The van der Waals surface area contributed by atoms with Gasteiger partial charge < -0.3 is 5.32 Å². The molecule has 0 atom stereocenters. The molecule has 2 aromatic carbocycles. The molecule has 5 heteroatoms. The summed E-state index contributed by atoms with van der Waals surface area (Å²) >= 11 is 5.86. The molecule has 3 rings (SSSR count). The summed E-state index contributed by atoms with van der Waals surface area (Å²) in [6, 6.07) is 11.4. The number of aromatic nitrogens is 1. The van der Waals surface area contributed by atoms with Crippen LogP contribution in [0.15, 0.2) is 42.5 Å². The maximum atomic E-state index is 13.8. The molecule has 3 aromatic rings. The van der Waals surface area contributed by atoms with Crippen LogP contribution in [0.2, 0.25) is 5.02 Å². The van der Waals surface area contributed by atoms with E-state index in [2.05, 4.69) is 10.3 Å². The van der Waals surface area contributed by atoms with E-state index in [0.29, 0.717) is 10.6 Å². The fourth-order valence-corrected chi connectivity index (χ4v) is 2.61. The molecule has 116 valence electrons. The summed E-state index contributed by atoms with van der Waals surface area (Å²) in [5.74, 6) is -0.929. The van der Waals surface area contributed by atoms with Crippen molar-refractivity contribution in [1.29, 1.82) is 0 Å². The zero-order chi connectivity index (χ0) is 16.6. The van der Waals surface area contributed by atoms with Crippen molar-refractivity contribution in [2.45, 2.75) is 13.8 Å². The molecule has 0 aliphatic carbocycles. The number of hydrogen-bond donors (Lipinski definition) is 1. The molecule has 1 heterocycles. The summed E-state index contributed by atoms with van der Waals surface area (Å²) in [5, 5.41) is 3.67. The first-order valence-corrected chi connectivity index (χ1v) is 7.46. The van der Waals surface area contributed by atoms with Crippen LogP contribution in [0.25, 0.3) is 10.9 Å². The van der Waals surface area contributed by atoms with E-state index in [1.807, 2.05) is 32.0 Å². The number of benzene rings is 2. The van der Waals surface area contributed by atoms with Gasteiger partial charge in [-0.15, -0.1) is 0 Å². The fourth-order valence-electron chi connectivity index (χ4n) is 2.44. The molecule has 0 radical (unpaired) electrons. The van der Waals surface area contributed by atoms with Crippen molar-refractivity contribution >= 4 is 34.1 Å². The minimum absolute atomic E-state index is 0.0535. The van der Waals surface area contributed by atoms with Crippen LogP contribution in [-0.2, 0) is 0 Å². The van der Waals surface area contributed by atoms with Gasteiger partial charge in [0.1, 0.15) is 5.82 Å². The van der Waals surface area contributed by atoms with Gasteiger partial charge in [0.2, 0.25) is 0 Å². The minimum Gasteiger partial charge on any atom is -0.319 e. The summed E-state index contributed by atoms with van der Waals surface area (Å²) in [7, 11) is 0. The van der Waals surface area contributed by atoms with Gasteiger partial charge in [-0.3, -0.25) is 9.78 Å². The smallest absolute Gasteiger partial charge is 0.256 e. The van der Waals surface area contributed by atoms with Crippen molar-refractivity contribution < 1.29 is 9.18 Å². The molecule has 1 amide bonds. The van der Waals surface area contributed by atoms with E-state index in [0.717, 1.165) is 22.2 Å². The number of amides is 1. The maximum absolute atomic E-state index is 13.8. The lowest BCUT2D eigenvalue weighted by molar-refractivity contribution is 0.102. The number of aryl methyl sites for hydroxylation is 2. The third-order valence-corrected chi connectivity index (χ3v) is 3.75. The van der Waals surface area contributed by atoms with Crippen LogP contribution >= 0.6 is 11.6 Å². The molecule has 0 bridgehead atoms. The third-order valence-electron chi connectivity index (χ3n) is 3.51. The van der Waals surface area contributed by atoms with Crippen LogP contribution in [-0.4, -0.2) is 10.9 Å². The predicted molar refractivity (Wildman–Crippen MR) is 90.6 cm³/mol. The van der Waals surface area contributed by atoms with Gasteiger partial charge in [0.05, 0.1) is 16.8 Å². The Kier molecular flexibility index (Phi) is 4.01. The van der Waals surface area contributed by atoms with E-state index in [9.17, 15) is 9.18 Å². The number of pyridine rings is 1. The lowest BCUT2D eigenvalue weighted by atomic mass is 10.0. The van der Waals surface area contributed by atoms with E-state index in [4.69, 9.17) is 11.6 Å². The molecule has 0 aliphatic rings. The molecule has 3 nitrogen and oxygen atoms in total. The molecular weight excluding hydrogens is 315 g/mol. The summed E-state index contributed by atoms with van der Waals surface area (Å²) in [4.78, 5) is 17.0. The van der Waals surface area contributed by atoms with E-state index in [1.54, 1.807) is 6.07 Å². The van der Waals surface area contributed by atoms with Crippen molar-refractivity contribution in [2.24, 2.45) is 0 Å². The Morgan fingerprint density at radius 1 is 1.13 bits per heavy atom. The van der Waals surface area contributed by atoms with Gasteiger partial charge in [0.25, 0.3) is 5.91 Å². The summed E-state index contributed by atoms with van der Waals surface area (Å²) in [6.07, 6.45) is 0. The number of rotatable bonds is 2. The van der Waals surface area contributed by atoms with Gasteiger partial charge in [-0.2, -0.15) is 0 Å². The zero-order valence-electron chi connectivity index (χ0n) is 12.7. The Morgan fingerprint density at radius 3 is 2.70 bits per heavy atom. The lowest BCUT2D eigenvalue weighted by Crippen LogP contribution is -2.14. The topological polar surface area (TPSA) is 42.0 Å². The first kappa shape index (κ1) is 15.4. The van der Waals surface area contributed by atoms with Crippen molar-refractivity contribution in [3.63, 3.8) is 0 Å². The van der Waals surface area contributed by atoms with E-state index in [1.165, 1.54) is 18.2 Å². The number of hydrogen-bond acceptors (Lipinski definition) is 2. The molecule has 23 heavy (non-hydrogen) atoms. The standard InChI is InChI=1S/C18H14ClFN2O/c1-10-3-6-16-13(7-10)14(8-11(2)21-16)18(23)22-17-9-12(19)4-5-15(17)20/h3-9H,1-2H3,(H,22,23). The molecule has 0 aliphatic heterocycles. The van der Waals surface area contributed by atoms with Gasteiger partial charge in [0, 0.05) is 16.1 Å². The third kappa shape index (κ3) is 3.17. The highest BCUT2D eigenvalue weighted by Gasteiger charge is 2.14. The van der Waals surface area contributed by atoms with Crippen LogP contribution in [0, 0.1) is 19.7 Å². The highest BCUT2D eigenvalue weighted by Crippen LogP contribution is 2.23. The number of anilines is 1. The lowest BCUT2D eigenvalue weighted by Gasteiger charge is -2.10. The summed E-state index contributed by atoms with van der Waals surface area (Å²) in [6.45, 7) is 3.76. The van der Waals surface area contributed by atoms with Crippen LogP contribution in [0.1, 0.15) is 21.6 Å². The summed E-state index contributed by atoms with van der Waals surface area (Å²) < 4.78 is 13.8. The molecule has 0 fully saturated rings. The van der Waals surface area contributed by atoms with Gasteiger partial charge in [-0.05, 0) is 50.2 Å². The van der Waals surface area contributed by atoms with Gasteiger partial charge in [-0.1, -0.05) is 23.2 Å². The Bertz CT molecular complexity index is 924. The number of nitrogens with zero attached hydrogens (tertiary/aromatic N) is 1. The van der Waals surface area contributed by atoms with Gasteiger partial charge in [0.15, 0.2) is 0 Å². The normalized spacial score (nSPS) is 10.8. The highest BCUT2D eigenvalue weighted by atomic mass is 35.5. The first-order valence-electron chi connectivity index (χ1n) is 7.08. The van der Waals surface area contributed by atoms with E-state index in [-0.39, 0.29) is 5.69 Å². The number of carbonyl (C=O) groups is 1. The highest BCUT2D eigenvalue weighted by molar-refractivity contribution is 6.31. The molecule has 0 saturated carbocycles. The minimum atomic E-state index is -0.533. The number of halogens is 2. The SMILES string of the molecule is Cc1ccc2nc(C)cc(C(=O)Nc3cc(Cl)ccc3F)c2c1. The number of fused-ring (bicyclic) bond motifs is 1. The molecule has 0 unspecified atom stereocenters. The summed E-state index contributed by atoms with van der Waals surface area (Å²) in [5.41, 5.74) is 2.98. The van der Waals surface area contributed by atoms with Gasteiger partial charge in [-0.25, -0.2) is 4.39 Å². The molecule has 0 saturated heterocycles. The van der Waals surface area contributed by atoms with Crippen molar-refractivity contribution in [3.05, 3.63) is 70.1 Å². The molecule has 1 N–H and O–H groups in total. The van der Waals surface area contributed by atoms with Crippen molar-refractivity contribution in [2.75, 3.05) is 5.32 Å². The molecule has 0 spiro atoms. The Morgan fingerprint density at radius 2 is 1.91 bits per heavy atom. The second-order valence-corrected chi connectivity index (χ2v) is 5.85. The fraction of sp³-hybridized carbons (Fsp3) is 0.111. The second kappa shape index (κ2) is 5.97. The van der Waals surface area contributed by atoms with Crippen LogP contribution in [0.3, 0.4) is 0 Å². The van der Waals surface area contributed by atoms with E-state index < -0.39 is 11.7 Å². The van der Waals surface area contributed by atoms with Crippen molar-refractivity contribution in [1.82, 2.24) is 4.98 Å². The van der Waals surface area contributed by atoms with Gasteiger partial charge >= 0.3 is 0 Å². The largest absolute Gasteiger partial charge is 0.319 e. The number of carbonyl (C=O) groups excluding carboxylic acids is 1. The average molecular weight is 329 g/mol. The Hall–Kier alpha value is -2.46. The maximum Gasteiger partial charge on any atom is 0.256 e. The number of nitrogens with one attached hydrogen (secondary N) is 1.